The molecule has 0 unspecified atom stereocenters. The average Bonchev–Trinajstić information content (AvgIpc) is 3.27. The molecule has 8 nitrogen and oxygen atoms in total. The monoisotopic (exact) mass is 387 g/mol. The molecule has 0 aliphatic carbocycles. The van der Waals surface area contributed by atoms with Gasteiger partial charge in [-0.25, -0.2) is 9.78 Å². The molecule has 0 fully saturated rings. The summed E-state index contributed by atoms with van der Waals surface area (Å²) in [5, 5.41) is 20.4. The molecule has 142 valence electrons. The Kier molecular flexibility index (Phi) is 5.80. The molecule has 0 radical (unpaired) electrons. The van der Waals surface area contributed by atoms with Crippen molar-refractivity contribution >= 4 is 34.5 Å². The SMILES string of the molecule is CC(C)c1nc(SCC(=O)N[C@@H](Cc2c[nH]c3ccccc23)C(=O)O)n[nH]1. The number of rotatable bonds is 8. The smallest absolute Gasteiger partial charge is 0.326 e. The molecular weight excluding hydrogens is 366 g/mol. The number of hydrogen-bond acceptors (Lipinski definition) is 5. The second-order valence-corrected chi connectivity index (χ2v) is 7.41. The first-order chi connectivity index (χ1) is 12.9. The van der Waals surface area contributed by atoms with E-state index in [4.69, 9.17) is 0 Å². The third kappa shape index (κ3) is 4.68. The van der Waals surface area contributed by atoms with Gasteiger partial charge in [0.15, 0.2) is 0 Å². The van der Waals surface area contributed by atoms with Crippen molar-refractivity contribution < 1.29 is 14.7 Å². The van der Waals surface area contributed by atoms with E-state index in [-0.39, 0.29) is 24.0 Å². The summed E-state index contributed by atoms with van der Waals surface area (Å²) in [5.74, 6) is -0.428. The Morgan fingerprint density at radius 2 is 2.07 bits per heavy atom. The van der Waals surface area contributed by atoms with Gasteiger partial charge in [0.25, 0.3) is 0 Å². The Bertz CT molecular complexity index is 949. The predicted octanol–water partition coefficient (Wildman–Crippen LogP) is 2.31. The van der Waals surface area contributed by atoms with E-state index in [0.717, 1.165) is 22.3 Å². The molecule has 0 spiro atoms. The Balaban J connectivity index is 1.60. The minimum Gasteiger partial charge on any atom is -0.480 e. The Morgan fingerprint density at radius 3 is 2.78 bits per heavy atom. The molecule has 1 atom stereocenters. The summed E-state index contributed by atoms with van der Waals surface area (Å²) in [5.41, 5.74) is 1.78. The number of aliphatic carboxylic acids is 1. The maximum atomic E-state index is 12.2. The van der Waals surface area contributed by atoms with E-state index in [9.17, 15) is 14.7 Å². The number of thioether (sulfide) groups is 1. The Morgan fingerprint density at radius 1 is 1.30 bits per heavy atom. The van der Waals surface area contributed by atoms with Gasteiger partial charge in [-0.2, -0.15) is 0 Å². The molecule has 0 saturated heterocycles. The topological polar surface area (TPSA) is 124 Å². The van der Waals surface area contributed by atoms with Gasteiger partial charge in [-0.3, -0.25) is 9.89 Å². The number of benzene rings is 1. The largest absolute Gasteiger partial charge is 0.480 e. The van der Waals surface area contributed by atoms with Crippen LogP contribution in [0.4, 0.5) is 0 Å². The van der Waals surface area contributed by atoms with Crippen LogP contribution in [0.3, 0.4) is 0 Å². The van der Waals surface area contributed by atoms with Crippen molar-refractivity contribution in [1.29, 1.82) is 0 Å². The fraction of sp³-hybridized carbons (Fsp3) is 0.333. The quantitative estimate of drug-likeness (QED) is 0.440. The van der Waals surface area contributed by atoms with Crippen molar-refractivity contribution in [1.82, 2.24) is 25.5 Å². The van der Waals surface area contributed by atoms with E-state index < -0.39 is 12.0 Å². The van der Waals surface area contributed by atoms with Gasteiger partial charge in [-0.05, 0) is 11.6 Å². The number of para-hydroxylation sites is 1. The number of carbonyl (C=O) groups excluding carboxylic acids is 1. The third-order valence-corrected chi connectivity index (χ3v) is 4.94. The minimum absolute atomic E-state index is 0.0487. The summed E-state index contributed by atoms with van der Waals surface area (Å²) in [6, 6.07) is 6.65. The van der Waals surface area contributed by atoms with Crippen molar-refractivity contribution in [3.05, 3.63) is 41.9 Å². The number of fused-ring (bicyclic) bond motifs is 1. The maximum Gasteiger partial charge on any atom is 0.326 e. The summed E-state index contributed by atoms with van der Waals surface area (Å²) in [4.78, 5) is 31.2. The molecule has 0 saturated carbocycles. The van der Waals surface area contributed by atoms with Crippen LogP contribution in [0.15, 0.2) is 35.6 Å². The number of H-pyrrole nitrogens is 2. The zero-order valence-corrected chi connectivity index (χ0v) is 15.8. The fourth-order valence-corrected chi connectivity index (χ4v) is 3.28. The van der Waals surface area contributed by atoms with Crippen LogP contribution in [-0.2, 0) is 16.0 Å². The molecular formula is C18H21N5O3S. The van der Waals surface area contributed by atoms with Crippen molar-refractivity contribution in [3.63, 3.8) is 0 Å². The molecule has 3 rings (SSSR count). The van der Waals surface area contributed by atoms with Crippen molar-refractivity contribution in [2.75, 3.05) is 5.75 Å². The lowest BCUT2D eigenvalue weighted by molar-refractivity contribution is -0.141. The van der Waals surface area contributed by atoms with Crippen LogP contribution >= 0.6 is 11.8 Å². The van der Waals surface area contributed by atoms with Crippen LogP contribution in [0.5, 0.6) is 0 Å². The molecule has 2 aromatic heterocycles. The molecule has 1 amide bonds. The van der Waals surface area contributed by atoms with Crippen LogP contribution in [0.25, 0.3) is 10.9 Å². The molecule has 0 bridgehead atoms. The van der Waals surface area contributed by atoms with Gasteiger partial charge < -0.3 is 15.4 Å². The van der Waals surface area contributed by atoms with E-state index in [1.807, 2.05) is 38.1 Å². The zero-order valence-electron chi connectivity index (χ0n) is 15.0. The molecule has 3 aromatic rings. The lowest BCUT2D eigenvalue weighted by atomic mass is 10.1. The first kappa shape index (κ1) is 19.0. The first-order valence-electron chi connectivity index (χ1n) is 8.56. The molecule has 0 aliphatic rings. The van der Waals surface area contributed by atoms with Gasteiger partial charge in [-0.15, -0.1) is 5.10 Å². The van der Waals surface area contributed by atoms with Gasteiger partial charge in [0, 0.05) is 29.4 Å². The van der Waals surface area contributed by atoms with Crippen molar-refractivity contribution in [2.24, 2.45) is 0 Å². The molecule has 4 N–H and O–H groups in total. The van der Waals surface area contributed by atoms with E-state index in [0.29, 0.717) is 5.16 Å². The number of nitrogens with zero attached hydrogens (tertiary/aromatic N) is 2. The van der Waals surface area contributed by atoms with E-state index >= 15 is 0 Å². The van der Waals surface area contributed by atoms with E-state index in [1.54, 1.807) is 6.20 Å². The maximum absolute atomic E-state index is 12.2. The normalized spacial score (nSPS) is 12.4. The Hall–Kier alpha value is -2.81. The Labute approximate surface area is 160 Å². The third-order valence-electron chi connectivity index (χ3n) is 4.09. The average molecular weight is 387 g/mol. The van der Waals surface area contributed by atoms with Gasteiger partial charge >= 0.3 is 5.97 Å². The predicted molar refractivity (Wildman–Crippen MR) is 103 cm³/mol. The summed E-state index contributed by atoms with van der Waals surface area (Å²) in [6.45, 7) is 3.98. The summed E-state index contributed by atoms with van der Waals surface area (Å²) < 4.78 is 0. The van der Waals surface area contributed by atoms with Crippen molar-refractivity contribution in [3.8, 4) is 0 Å². The molecule has 2 heterocycles. The van der Waals surface area contributed by atoms with E-state index in [2.05, 4.69) is 25.5 Å². The van der Waals surface area contributed by atoms with Crippen LogP contribution < -0.4 is 5.32 Å². The van der Waals surface area contributed by atoms with Crippen molar-refractivity contribution in [2.45, 2.75) is 37.4 Å². The van der Waals surface area contributed by atoms with Crippen LogP contribution in [-0.4, -0.2) is 48.9 Å². The second-order valence-electron chi connectivity index (χ2n) is 6.47. The summed E-state index contributed by atoms with van der Waals surface area (Å²) in [6.07, 6.45) is 1.98. The van der Waals surface area contributed by atoms with E-state index in [1.165, 1.54) is 11.8 Å². The van der Waals surface area contributed by atoms with Gasteiger partial charge in [0.05, 0.1) is 5.75 Å². The number of carboxylic acids is 1. The molecule has 9 heteroatoms. The highest BCUT2D eigenvalue weighted by atomic mass is 32.2. The van der Waals surface area contributed by atoms with Crippen LogP contribution in [0.1, 0.15) is 31.2 Å². The first-order valence-corrected chi connectivity index (χ1v) is 9.55. The van der Waals surface area contributed by atoms with Crippen LogP contribution in [0.2, 0.25) is 0 Å². The molecule has 1 aromatic carbocycles. The fourth-order valence-electron chi connectivity index (χ4n) is 2.67. The number of carboxylic acid groups (broad SMARTS) is 1. The molecule has 27 heavy (non-hydrogen) atoms. The number of hydrogen-bond donors (Lipinski definition) is 4. The lowest BCUT2D eigenvalue weighted by Crippen LogP contribution is -2.43. The lowest BCUT2D eigenvalue weighted by Gasteiger charge is -2.13. The number of carbonyl (C=O) groups is 2. The summed E-state index contributed by atoms with van der Waals surface area (Å²) >= 11 is 1.17. The number of nitrogens with one attached hydrogen (secondary N) is 3. The highest BCUT2D eigenvalue weighted by molar-refractivity contribution is 7.99. The van der Waals surface area contributed by atoms with Gasteiger partial charge in [-0.1, -0.05) is 43.8 Å². The number of amides is 1. The highest BCUT2D eigenvalue weighted by Gasteiger charge is 2.22. The summed E-state index contributed by atoms with van der Waals surface area (Å²) in [7, 11) is 0. The number of aromatic amines is 2. The second kappa shape index (κ2) is 8.26. The minimum atomic E-state index is -1.07. The molecule has 0 aliphatic heterocycles. The van der Waals surface area contributed by atoms with Gasteiger partial charge in [0.1, 0.15) is 11.9 Å². The van der Waals surface area contributed by atoms with Gasteiger partial charge in [0.2, 0.25) is 11.1 Å². The standard InChI is InChI=1S/C18H21N5O3S/c1-10(2)16-21-18(23-22-16)27-9-15(24)20-14(17(25)26)7-11-8-19-13-6-4-3-5-12(11)13/h3-6,8,10,14,19H,7,9H2,1-2H3,(H,20,24)(H,25,26)(H,21,22,23)/t14-/m0/s1. The van der Waals surface area contributed by atoms with Crippen LogP contribution in [0, 0.1) is 0 Å². The number of aromatic nitrogens is 4. The zero-order chi connectivity index (χ0) is 19.4. The highest BCUT2D eigenvalue weighted by Crippen LogP contribution is 2.19.